The number of rotatable bonds is 12. The zero-order chi connectivity index (χ0) is 30.1. The van der Waals surface area contributed by atoms with Gasteiger partial charge in [0.25, 0.3) is 0 Å². The van der Waals surface area contributed by atoms with Crippen LogP contribution in [-0.2, 0) is 36.1 Å². The summed E-state index contributed by atoms with van der Waals surface area (Å²) < 4.78 is 27.6. The highest BCUT2D eigenvalue weighted by Crippen LogP contribution is 2.49. The Balaban J connectivity index is 1.48. The molecule has 3 aromatic heterocycles. The summed E-state index contributed by atoms with van der Waals surface area (Å²) in [5.74, 6) is 1.59. The van der Waals surface area contributed by atoms with Gasteiger partial charge in [-0.25, -0.2) is 9.67 Å². The average molecular weight is 600 g/mol. The van der Waals surface area contributed by atoms with E-state index in [2.05, 4.69) is 42.6 Å². The highest BCUT2D eigenvalue weighted by Gasteiger charge is 2.48. The van der Waals surface area contributed by atoms with Gasteiger partial charge in [-0.3, -0.25) is 4.79 Å². The Morgan fingerprint density at radius 2 is 2.02 bits per heavy atom. The molecule has 1 amide bonds. The minimum atomic E-state index is -1.19. The molecule has 1 atom stereocenters. The largest absolute Gasteiger partial charge is 0.377 e. The van der Waals surface area contributed by atoms with Crippen LogP contribution < -0.4 is 4.90 Å². The molecule has 13 heteroatoms. The number of ether oxygens (including phenoxy) is 4. The summed E-state index contributed by atoms with van der Waals surface area (Å²) in [5, 5.41) is 10.2. The molecule has 0 radical (unpaired) electrons. The lowest BCUT2D eigenvalue weighted by molar-refractivity contribution is -0.170. The van der Waals surface area contributed by atoms with Crippen molar-refractivity contribution in [1.29, 1.82) is 0 Å². The number of nitrogens with zero attached hydrogens (tertiary/aromatic N) is 7. The number of carbonyl (C=O) groups is 1. The number of hydrogen-bond donors (Lipinski definition) is 0. The van der Waals surface area contributed by atoms with Crippen LogP contribution in [0, 0.1) is 0 Å². The number of likely N-dealkylation sites (N-methyl/N-ethyl adjacent to an activating group) is 1. The summed E-state index contributed by atoms with van der Waals surface area (Å²) in [6.45, 7) is 12.3. The summed E-state index contributed by atoms with van der Waals surface area (Å²) in [6, 6.07) is 5.33. The third-order valence-electron chi connectivity index (χ3n) is 8.25. The lowest BCUT2D eigenvalue weighted by atomic mass is 9.71. The van der Waals surface area contributed by atoms with Gasteiger partial charge in [0.2, 0.25) is 5.91 Å². The fourth-order valence-electron chi connectivity index (χ4n) is 5.49. The van der Waals surface area contributed by atoms with Crippen molar-refractivity contribution >= 4 is 30.8 Å². The van der Waals surface area contributed by atoms with E-state index in [1.807, 2.05) is 21.6 Å². The van der Waals surface area contributed by atoms with E-state index in [0.717, 1.165) is 40.8 Å². The molecule has 230 valence electrons. The van der Waals surface area contributed by atoms with Crippen molar-refractivity contribution in [2.24, 2.45) is 0 Å². The number of morpholine rings is 1. The first kappa shape index (κ1) is 30.6. The second kappa shape index (κ2) is 12.4. The molecule has 42 heavy (non-hydrogen) atoms. The second-order valence-electron chi connectivity index (χ2n) is 12.8. The number of aromatic nitrogens is 5. The average Bonchev–Trinajstić information content (AvgIpc) is 3.56. The van der Waals surface area contributed by atoms with Crippen LogP contribution in [0.5, 0.6) is 0 Å². The predicted octanol–water partition coefficient (Wildman–Crippen LogP) is 3.26. The normalized spacial score (nSPS) is 22.9. The molecule has 1 aliphatic heterocycles. The van der Waals surface area contributed by atoms with Gasteiger partial charge in [0.15, 0.2) is 11.5 Å². The Bertz CT molecular complexity index is 1380. The number of pyridine rings is 1. The van der Waals surface area contributed by atoms with E-state index in [4.69, 9.17) is 29.0 Å². The van der Waals surface area contributed by atoms with E-state index in [9.17, 15) is 4.79 Å². The Kier molecular flexibility index (Phi) is 9.04. The molecule has 4 heterocycles. The monoisotopic (exact) mass is 599 g/mol. The summed E-state index contributed by atoms with van der Waals surface area (Å²) in [6.07, 6.45) is 4.81. The lowest BCUT2D eigenvalue weighted by Gasteiger charge is -2.47. The zero-order valence-corrected chi connectivity index (χ0v) is 27.0. The summed E-state index contributed by atoms with van der Waals surface area (Å²) in [5.41, 5.74) is 1.17. The van der Waals surface area contributed by atoms with Gasteiger partial charge in [-0.15, -0.1) is 0 Å². The quantitative estimate of drug-likeness (QED) is 0.229. The van der Waals surface area contributed by atoms with Gasteiger partial charge in [0.05, 0.1) is 43.4 Å². The molecule has 1 saturated carbocycles. The molecule has 0 N–H and O–H groups in total. The van der Waals surface area contributed by atoms with E-state index < -0.39 is 13.7 Å². The summed E-state index contributed by atoms with van der Waals surface area (Å²) in [7, 11) is 4.01. The van der Waals surface area contributed by atoms with Gasteiger partial charge >= 0.3 is 0 Å². The number of anilines is 1. The SMILES string of the molecule is COC1(c2cc(N3CCOC[C@H]3C)nc3c2cnn3-c2ccnn2COCC[Si](C)(C)C)CC(OCC(=O)N(C)C)C1. The molecule has 2 fully saturated rings. The molecule has 1 aliphatic carbocycles. The molecular weight excluding hydrogens is 554 g/mol. The fourth-order valence-corrected chi connectivity index (χ4v) is 6.25. The summed E-state index contributed by atoms with van der Waals surface area (Å²) >= 11 is 0. The smallest absolute Gasteiger partial charge is 0.248 e. The van der Waals surface area contributed by atoms with Crippen molar-refractivity contribution in [2.45, 2.75) is 69.9 Å². The van der Waals surface area contributed by atoms with Crippen molar-refractivity contribution in [3.05, 3.63) is 30.1 Å². The number of fused-ring (bicyclic) bond motifs is 1. The molecular formula is C29H45N7O5Si. The minimum absolute atomic E-state index is 0.0536. The standard InChI is InChI=1S/C29H45N7O5Si/c1-21-18-39-11-10-34(21)25-14-24(29(38-4)15-22(16-29)41-19-27(37)33(2)3)23-17-31-36(28(23)32-25)26-8-9-30-35(26)20-40-12-13-42(5,6)7/h8-9,14,17,21-22H,10-13,15-16,18-20H2,1-7H3/t21-,22?,29?/m1/s1. The third-order valence-corrected chi connectivity index (χ3v) is 9.95. The van der Waals surface area contributed by atoms with Crippen molar-refractivity contribution in [1.82, 2.24) is 29.4 Å². The van der Waals surface area contributed by atoms with E-state index in [1.165, 1.54) is 0 Å². The van der Waals surface area contributed by atoms with Gasteiger partial charge in [0, 0.05) is 72.3 Å². The number of hydrogen-bond acceptors (Lipinski definition) is 9. The molecule has 0 aromatic carbocycles. The highest BCUT2D eigenvalue weighted by molar-refractivity contribution is 6.76. The van der Waals surface area contributed by atoms with Crippen LogP contribution in [0.15, 0.2) is 24.5 Å². The molecule has 2 aliphatic rings. The first-order valence-electron chi connectivity index (χ1n) is 14.7. The van der Waals surface area contributed by atoms with Crippen molar-refractivity contribution in [2.75, 3.05) is 59.1 Å². The van der Waals surface area contributed by atoms with Gasteiger partial charge in [-0.1, -0.05) is 19.6 Å². The van der Waals surface area contributed by atoms with E-state index >= 15 is 0 Å². The van der Waals surface area contributed by atoms with Gasteiger partial charge in [0.1, 0.15) is 19.2 Å². The Morgan fingerprint density at radius 3 is 2.71 bits per heavy atom. The van der Waals surface area contributed by atoms with Crippen LogP contribution in [0.1, 0.15) is 25.3 Å². The molecule has 0 bridgehead atoms. The van der Waals surface area contributed by atoms with E-state index in [-0.39, 0.29) is 24.7 Å². The molecule has 0 spiro atoms. The van der Waals surface area contributed by atoms with Crippen LogP contribution in [0.4, 0.5) is 5.82 Å². The molecule has 0 unspecified atom stereocenters. The summed E-state index contributed by atoms with van der Waals surface area (Å²) in [4.78, 5) is 21.1. The first-order valence-corrected chi connectivity index (χ1v) is 18.4. The van der Waals surface area contributed by atoms with Crippen molar-refractivity contribution in [3.63, 3.8) is 0 Å². The Labute approximate surface area is 248 Å². The maximum atomic E-state index is 12.1. The van der Waals surface area contributed by atoms with Gasteiger partial charge < -0.3 is 28.7 Å². The third kappa shape index (κ3) is 6.39. The number of carbonyl (C=O) groups excluding carboxylic acids is 1. The molecule has 3 aromatic rings. The minimum Gasteiger partial charge on any atom is -0.377 e. The fraction of sp³-hybridized carbons (Fsp3) is 0.655. The van der Waals surface area contributed by atoms with Crippen LogP contribution in [0.2, 0.25) is 25.7 Å². The van der Waals surface area contributed by atoms with Gasteiger partial charge in [-0.05, 0) is 19.0 Å². The highest BCUT2D eigenvalue weighted by atomic mass is 28.3. The molecule has 5 rings (SSSR count). The Hall–Kier alpha value is -2.84. The Morgan fingerprint density at radius 1 is 1.24 bits per heavy atom. The number of methoxy groups -OCH3 is 1. The number of amides is 1. The topological polar surface area (TPSA) is 109 Å². The molecule has 1 saturated heterocycles. The van der Waals surface area contributed by atoms with Crippen LogP contribution >= 0.6 is 0 Å². The van der Waals surface area contributed by atoms with E-state index in [1.54, 1.807) is 32.3 Å². The van der Waals surface area contributed by atoms with Crippen molar-refractivity contribution < 1.29 is 23.7 Å². The first-order chi connectivity index (χ1) is 20.0. The van der Waals surface area contributed by atoms with E-state index in [0.29, 0.717) is 39.4 Å². The molecule has 12 nitrogen and oxygen atoms in total. The maximum Gasteiger partial charge on any atom is 0.248 e. The van der Waals surface area contributed by atoms with Gasteiger partial charge in [-0.2, -0.15) is 14.9 Å². The second-order valence-corrected chi connectivity index (χ2v) is 18.4. The lowest BCUT2D eigenvalue weighted by Crippen LogP contribution is -2.49. The van der Waals surface area contributed by atoms with Crippen molar-refractivity contribution in [3.8, 4) is 5.82 Å². The van der Waals surface area contributed by atoms with Crippen LogP contribution in [0.25, 0.3) is 16.9 Å². The zero-order valence-electron chi connectivity index (χ0n) is 26.0. The van der Waals surface area contributed by atoms with Crippen LogP contribution in [0.3, 0.4) is 0 Å². The van der Waals surface area contributed by atoms with Crippen LogP contribution in [-0.4, -0.2) is 110 Å². The predicted molar refractivity (Wildman–Crippen MR) is 163 cm³/mol. The maximum absolute atomic E-state index is 12.1.